The van der Waals surface area contributed by atoms with Crippen molar-refractivity contribution in [2.24, 2.45) is 0 Å². The molecular formula is C16H20N4O4. The molecule has 4 amide bonds. The fraction of sp³-hybridized carbons (Fsp3) is 0.500. The van der Waals surface area contributed by atoms with Crippen LogP contribution in [0.4, 0.5) is 15.3 Å². The average molecular weight is 332 g/mol. The molecule has 0 aromatic heterocycles. The Labute approximate surface area is 139 Å². The van der Waals surface area contributed by atoms with Crippen LogP contribution in [-0.4, -0.2) is 59.9 Å². The van der Waals surface area contributed by atoms with Crippen LogP contribution in [0.25, 0.3) is 0 Å². The van der Waals surface area contributed by atoms with Gasteiger partial charge in [0.05, 0.1) is 6.04 Å². The molecule has 0 saturated carbocycles. The first-order chi connectivity index (χ1) is 11.4. The molecule has 3 aliphatic rings. The molecule has 128 valence electrons. The molecule has 0 spiro atoms. The molecule has 3 heterocycles. The summed E-state index contributed by atoms with van der Waals surface area (Å²) in [5.74, 6) is 0.596. The van der Waals surface area contributed by atoms with E-state index in [4.69, 9.17) is 9.47 Å². The number of carbonyl (C=O) groups excluding carboxylic acids is 2. The second kappa shape index (κ2) is 5.19. The number of hydrogen-bond acceptors (Lipinski definition) is 4. The molecule has 0 unspecified atom stereocenters. The van der Waals surface area contributed by atoms with E-state index in [-0.39, 0.29) is 18.1 Å². The third kappa shape index (κ3) is 2.57. The Morgan fingerprint density at radius 2 is 2.08 bits per heavy atom. The lowest BCUT2D eigenvalue weighted by Gasteiger charge is -2.36. The Bertz CT molecular complexity index is 705. The molecule has 1 aromatic rings. The topological polar surface area (TPSA) is 83.1 Å². The number of anilines is 1. The van der Waals surface area contributed by atoms with Crippen molar-refractivity contribution in [1.29, 1.82) is 0 Å². The van der Waals surface area contributed by atoms with Gasteiger partial charge in [0, 0.05) is 51.8 Å². The summed E-state index contributed by atoms with van der Waals surface area (Å²) < 4.78 is 11.3. The van der Waals surface area contributed by atoms with Gasteiger partial charge in [-0.2, -0.15) is 0 Å². The monoisotopic (exact) mass is 332 g/mol. The summed E-state index contributed by atoms with van der Waals surface area (Å²) in [4.78, 5) is 27.6. The van der Waals surface area contributed by atoms with E-state index in [1.54, 1.807) is 28.0 Å². The summed E-state index contributed by atoms with van der Waals surface area (Å²) in [6.07, 6.45) is 0. The van der Waals surface area contributed by atoms with Crippen molar-refractivity contribution < 1.29 is 19.1 Å². The SMILES string of the molecule is CC1(C)Oc2ccc(NC(=O)N3CCN4C(=O)NC[C@@H]4C3)cc2O1. The summed E-state index contributed by atoms with van der Waals surface area (Å²) in [6.45, 7) is 5.86. The van der Waals surface area contributed by atoms with E-state index in [0.29, 0.717) is 43.4 Å². The van der Waals surface area contributed by atoms with Gasteiger partial charge in [-0.05, 0) is 12.1 Å². The van der Waals surface area contributed by atoms with Gasteiger partial charge >= 0.3 is 12.1 Å². The van der Waals surface area contributed by atoms with Crippen LogP contribution in [0.5, 0.6) is 11.5 Å². The van der Waals surface area contributed by atoms with Gasteiger partial charge < -0.3 is 29.9 Å². The molecule has 1 atom stereocenters. The molecule has 2 saturated heterocycles. The molecule has 2 fully saturated rings. The number of rotatable bonds is 1. The molecule has 8 heteroatoms. The van der Waals surface area contributed by atoms with Crippen molar-refractivity contribution in [3.05, 3.63) is 18.2 Å². The number of piperazine rings is 1. The first-order valence-corrected chi connectivity index (χ1v) is 8.04. The lowest BCUT2D eigenvalue weighted by atomic mass is 10.2. The number of hydrogen-bond donors (Lipinski definition) is 2. The minimum atomic E-state index is -0.691. The molecule has 2 N–H and O–H groups in total. The normalized spacial score (nSPS) is 23.8. The summed E-state index contributed by atoms with van der Waals surface area (Å²) in [5, 5.41) is 5.69. The zero-order valence-corrected chi connectivity index (χ0v) is 13.7. The Balaban J connectivity index is 1.41. The molecule has 3 aliphatic heterocycles. The van der Waals surface area contributed by atoms with Crippen molar-refractivity contribution >= 4 is 17.7 Å². The second-order valence-electron chi connectivity index (χ2n) is 6.67. The van der Waals surface area contributed by atoms with Gasteiger partial charge in [-0.1, -0.05) is 0 Å². The quantitative estimate of drug-likeness (QED) is 0.815. The summed E-state index contributed by atoms with van der Waals surface area (Å²) in [7, 11) is 0. The van der Waals surface area contributed by atoms with Crippen LogP contribution >= 0.6 is 0 Å². The fourth-order valence-electron chi connectivity index (χ4n) is 3.29. The van der Waals surface area contributed by atoms with Crippen LogP contribution in [0.15, 0.2) is 18.2 Å². The van der Waals surface area contributed by atoms with Crippen molar-refractivity contribution in [1.82, 2.24) is 15.1 Å². The maximum atomic E-state index is 12.5. The number of ether oxygens (including phenoxy) is 2. The predicted molar refractivity (Wildman–Crippen MR) is 86.3 cm³/mol. The fourth-order valence-corrected chi connectivity index (χ4v) is 3.29. The lowest BCUT2D eigenvalue weighted by Crippen LogP contribution is -2.54. The predicted octanol–water partition coefficient (Wildman–Crippen LogP) is 1.44. The molecule has 4 rings (SSSR count). The van der Waals surface area contributed by atoms with E-state index in [1.165, 1.54) is 0 Å². The number of fused-ring (bicyclic) bond motifs is 2. The largest absolute Gasteiger partial charge is 0.449 e. The number of nitrogens with zero attached hydrogens (tertiary/aromatic N) is 2. The van der Waals surface area contributed by atoms with E-state index in [0.717, 1.165) is 0 Å². The summed E-state index contributed by atoms with van der Waals surface area (Å²) in [5.41, 5.74) is 0.656. The van der Waals surface area contributed by atoms with E-state index in [1.807, 2.05) is 13.8 Å². The highest BCUT2D eigenvalue weighted by molar-refractivity contribution is 5.90. The molecule has 8 nitrogen and oxygen atoms in total. The number of benzene rings is 1. The van der Waals surface area contributed by atoms with Crippen molar-refractivity contribution in [3.63, 3.8) is 0 Å². The van der Waals surface area contributed by atoms with Crippen LogP contribution in [0.2, 0.25) is 0 Å². The zero-order chi connectivity index (χ0) is 16.9. The summed E-state index contributed by atoms with van der Waals surface area (Å²) >= 11 is 0. The number of amides is 4. The van der Waals surface area contributed by atoms with Gasteiger partial charge in [0.25, 0.3) is 0 Å². The van der Waals surface area contributed by atoms with Gasteiger partial charge in [0.1, 0.15) is 0 Å². The summed E-state index contributed by atoms with van der Waals surface area (Å²) in [6, 6.07) is 5.18. The third-order valence-electron chi connectivity index (χ3n) is 4.43. The smallest absolute Gasteiger partial charge is 0.321 e. The molecule has 1 aromatic carbocycles. The Morgan fingerprint density at radius 3 is 2.92 bits per heavy atom. The van der Waals surface area contributed by atoms with E-state index in [2.05, 4.69) is 10.6 Å². The number of nitrogens with one attached hydrogen (secondary N) is 2. The molecule has 0 aliphatic carbocycles. The first kappa shape index (κ1) is 14.9. The van der Waals surface area contributed by atoms with Crippen molar-refractivity contribution in [2.75, 3.05) is 31.5 Å². The van der Waals surface area contributed by atoms with Crippen molar-refractivity contribution in [2.45, 2.75) is 25.7 Å². The van der Waals surface area contributed by atoms with E-state index in [9.17, 15) is 9.59 Å². The maximum Gasteiger partial charge on any atom is 0.321 e. The first-order valence-electron chi connectivity index (χ1n) is 8.04. The van der Waals surface area contributed by atoms with Crippen LogP contribution < -0.4 is 20.1 Å². The van der Waals surface area contributed by atoms with Gasteiger partial charge in [0.15, 0.2) is 11.5 Å². The second-order valence-corrected chi connectivity index (χ2v) is 6.67. The Kier molecular flexibility index (Phi) is 3.22. The highest BCUT2D eigenvalue weighted by atomic mass is 16.7. The Morgan fingerprint density at radius 1 is 1.29 bits per heavy atom. The number of carbonyl (C=O) groups is 2. The van der Waals surface area contributed by atoms with Gasteiger partial charge in [-0.15, -0.1) is 0 Å². The number of urea groups is 2. The zero-order valence-electron chi connectivity index (χ0n) is 13.7. The van der Waals surface area contributed by atoms with Gasteiger partial charge in [-0.25, -0.2) is 9.59 Å². The highest BCUT2D eigenvalue weighted by Gasteiger charge is 2.37. The maximum absolute atomic E-state index is 12.5. The van der Waals surface area contributed by atoms with E-state index < -0.39 is 5.79 Å². The molecular weight excluding hydrogens is 312 g/mol. The van der Waals surface area contributed by atoms with E-state index >= 15 is 0 Å². The molecule has 0 bridgehead atoms. The van der Waals surface area contributed by atoms with Gasteiger partial charge in [-0.3, -0.25) is 0 Å². The van der Waals surface area contributed by atoms with Gasteiger partial charge in [0.2, 0.25) is 5.79 Å². The van der Waals surface area contributed by atoms with Crippen LogP contribution in [0.1, 0.15) is 13.8 Å². The van der Waals surface area contributed by atoms with Crippen molar-refractivity contribution in [3.8, 4) is 11.5 Å². The lowest BCUT2D eigenvalue weighted by molar-refractivity contribution is -0.0431. The van der Waals surface area contributed by atoms with Crippen LogP contribution in [0.3, 0.4) is 0 Å². The average Bonchev–Trinajstić information content (AvgIpc) is 3.05. The highest BCUT2D eigenvalue weighted by Crippen LogP contribution is 2.40. The third-order valence-corrected chi connectivity index (χ3v) is 4.43. The minimum Gasteiger partial charge on any atom is -0.449 e. The molecule has 0 radical (unpaired) electrons. The molecule has 24 heavy (non-hydrogen) atoms. The van der Waals surface area contributed by atoms with Crippen LogP contribution in [0, 0.1) is 0 Å². The standard InChI is InChI=1S/C16H20N4O4/c1-16(2)23-12-4-3-10(7-13(12)24-16)18-15(22)19-5-6-20-11(9-19)8-17-14(20)21/h3-4,7,11H,5-6,8-9H2,1-2H3,(H,17,21)(H,18,22)/t11-/m1/s1. The minimum absolute atomic E-state index is 0.0431. The Hall–Kier alpha value is -2.64. The van der Waals surface area contributed by atoms with Crippen LogP contribution in [-0.2, 0) is 0 Å².